The summed E-state index contributed by atoms with van der Waals surface area (Å²) in [4.78, 5) is 26.2. The lowest BCUT2D eigenvalue weighted by Crippen LogP contribution is -2.20. The van der Waals surface area contributed by atoms with Crippen LogP contribution in [0.1, 0.15) is 19.8 Å². The first-order chi connectivity index (χ1) is 13.3. The van der Waals surface area contributed by atoms with E-state index in [0.29, 0.717) is 28.6 Å². The molecule has 27 heavy (non-hydrogen) atoms. The highest BCUT2D eigenvalue weighted by Crippen LogP contribution is 2.43. The van der Waals surface area contributed by atoms with Crippen LogP contribution in [0.4, 0.5) is 0 Å². The number of nitrogens with one attached hydrogen (secondary N) is 1. The van der Waals surface area contributed by atoms with Crippen molar-refractivity contribution >= 4 is 46.0 Å². The minimum atomic E-state index is -0.0868. The molecule has 136 valence electrons. The molecular formula is C21H20N4OS. The number of hydrogen-bond acceptors (Lipinski definition) is 5. The number of nitrogens with zero attached hydrogens (tertiary/aromatic N) is 3. The first-order valence-corrected chi connectivity index (χ1v) is 9.90. The summed E-state index contributed by atoms with van der Waals surface area (Å²) in [6, 6.07) is 10.5. The number of carbonyl (C=O) groups is 1. The van der Waals surface area contributed by atoms with Gasteiger partial charge in [-0.1, -0.05) is 17.7 Å². The standard InChI is InChI=1S/C21H18N4OS.H2/c26-20-19(11-13-3-4-17-15(10-13)2-1-7-22-17)27-21(25-20)24-9-6-14-5-8-23-18-12-16(14)18;/h1-5,7-8,10-11,16,18H,6,9,12H2,(H,24,25,26);1H/b19-11-;. The van der Waals surface area contributed by atoms with Crippen LogP contribution in [0.3, 0.4) is 0 Å². The number of aliphatic imine (C=N–C) groups is 2. The molecule has 0 bridgehead atoms. The maximum atomic E-state index is 12.3. The molecule has 1 aliphatic carbocycles. The molecule has 2 unspecified atom stereocenters. The SMILES string of the molecule is O=C1NC(=NCCC2=CC=NC3CC23)S/C1=C\c1ccc2ncccc2c1.[HH]. The van der Waals surface area contributed by atoms with E-state index in [-0.39, 0.29) is 7.33 Å². The Labute approximate surface area is 162 Å². The van der Waals surface area contributed by atoms with E-state index in [0.717, 1.165) is 22.9 Å². The largest absolute Gasteiger partial charge is 0.301 e. The summed E-state index contributed by atoms with van der Waals surface area (Å²) in [5.74, 6) is 0.551. The van der Waals surface area contributed by atoms with E-state index >= 15 is 0 Å². The van der Waals surface area contributed by atoms with E-state index in [1.54, 1.807) is 6.20 Å². The Hall–Kier alpha value is -2.73. The Kier molecular flexibility index (Phi) is 4.13. The monoisotopic (exact) mass is 376 g/mol. The van der Waals surface area contributed by atoms with Crippen molar-refractivity contribution in [3.63, 3.8) is 0 Å². The van der Waals surface area contributed by atoms with Gasteiger partial charge in [0.05, 0.1) is 16.5 Å². The van der Waals surface area contributed by atoms with Crippen molar-refractivity contribution in [2.45, 2.75) is 18.9 Å². The molecule has 1 aromatic carbocycles. The Morgan fingerprint density at radius 3 is 3.30 bits per heavy atom. The lowest BCUT2D eigenvalue weighted by atomic mass is 10.1. The van der Waals surface area contributed by atoms with Crippen LogP contribution in [-0.2, 0) is 4.79 Å². The van der Waals surface area contributed by atoms with Gasteiger partial charge in [-0.25, -0.2) is 0 Å². The van der Waals surface area contributed by atoms with Gasteiger partial charge in [0, 0.05) is 31.7 Å². The third-order valence-corrected chi connectivity index (χ3v) is 5.98. The molecule has 1 saturated carbocycles. The van der Waals surface area contributed by atoms with E-state index in [2.05, 4.69) is 26.4 Å². The predicted molar refractivity (Wildman–Crippen MR) is 113 cm³/mol. The second-order valence-corrected chi connectivity index (χ2v) is 7.94. The zero-order valence-corrected chi connectivity index (χ0v) is 15.4. The third-order valence-electron chi connectivity index (χ3n) is 5.03. The van der Waals surface area contributed by atoms with Crippen molar-refractivity contribution in [3.05, 3.63) is 58.6 Å². The van der Waals surface area contributed by atoms with Crippen molar-refractivity contribution in [1.29, 1.82) is 0 Å². The summed E-state index contributed by atoms with van der Waals surface area (Å²) in [6.07, 6.45) is 9.84. The molecule has 3 aliphatic rings. The lowest BCUT2D eigenvalue weighted by Gasteiger charge is -2.06. The van der Waals surface area contributed by atoms with Gasteiger partial charge in [0.25, 0.3) is 5.91 Å². The van der Waals surface area contributed by atoms with Crippen molar-refractivity contribution in [2.24, 2.45) is 15.9 Å². The maximum Gasteiger partial charge on any atom is 0.264 e. The summed E-state index contributed by atoms with van der Waals surface area (Å²) in [7, 11) is 0. The quantitative estimate of drug-likeness (QED) is 0.825. The number of fused-ring (bicyclic) bond motifs is 2. The Balaban J connectivity index is 0.00000192. The van der Waals surface area contributed by atoms with Gasteiger partial charge in [-0.2, -0.15) is 0 Å². The van der Waals surface area contributed by atoms with Crippen LogP contribution in [0.25, 0.3) is 17.0 Å². The molecule has 1 amide bonds. The highest BCUT2D eigenvalue weighted by Gasteiger charge is 2.40. The molecule has 2 atom stereocenters. The summed E-state index contributed by atoms with van der Waals surface area (Å²) in [5.41, 5.74) is 3.38. The molecule has 1 saturated heterocycles. The fourth-order valence-corrected chi connectivity index (χ4v) is 4.36. The molecule has 1 N–H and O–H groups in total. The Morgan fingerprint density at radius 2 is 2.33 bits per heavy atom. The van der Waals surface area contributed by atoms with Gasteiger partial charge in [0.2, 0.25) is 0 Å². The molecule has 1 aromatic heterocycles. The van der Waals surface area contributed by atoms with Crippen molar-refractivity contribution in [1.82, 2.24) is 10.3 Å². The highest BCUT2D eigenvalue weighted by molar-refractivity contribution is 8.18. The number of rotatable bonds is 4. The van der Waals surface area contributed by atoms with Gasteiger partial charge in [0.1, 0.15) is 0 Å². The number of pyridine rings is 1. The molecule has 5 nitrogen and oxygen atoms in total. The molecular weight excluding hydrogens is 356 g/mol. The van der Waals surface area contributed by atoms with Crippen molar-refractivity contribution in [2.75, 3.05) is 6.54 Å². The number of carbonyl (C=O) groups excluding carboxylic acids is 1. The first kappa shape index (κ1) is 16.4. The van der Waals surface area contributed by atoms with Crippen LogP contribution in [0.5, 0.6) is 0 Å². The summed E-state index contributed by atoms with van der Waals surface area (Å²) < 4.78 is 0. The van der Waals surface area contributed by atoms with Gasteiger partial charge in [-0.15, -0.1) is 0 Å². The van der Waals surface area contributed by atoms with Gasteiger partial charge in [-0.3, -0.25) is 19.8 Å². The molecule has 0 radical (unpaired) electrons. The second-order valence-electron chi connectivity index (χ2n) is 6.91. The van der Waals surface area contributed by atoms with E-state index in [1.807, 2.05) is 42.6 Å². The van der Waals surface area contributed by atoms with Crippen LogP contribution >= 0.6 is 11.8 Å². The van der Waals surface area contributed by atoms with Crippen LogP contribution in [0, 0.1) is 5.92 Å². The van der Waals surface area contributed by atoms with E-state index in [4.69, 9.17) is 0 Å². The smallest absolute Gasteiger partial charge is 0.264 e. The molecule has 5 rings (SSSR count). The number of amidine groups is 1. The average Bonchev–Trinajstić information content (AvgIpc) is 3.40. The minimum Gasteiger partial charge on any atom is -0.301 e. The first-order valence-electron chi connectivity index (χ1n) is 9.09. The second kappa shape index (κ2) is 6.78. The Morgan fingerprint density at radius 1 is 1.37 bits per heavy atom. The summed E-state index contributed by atoms with van der Waals surface area (Å²) >= 11 is 1.41. The zero-order valence-electron chi connectivity index (χ0n) is 14.6. The Bertz CT molecular complexity index is 1060. The average molecular weight is 376 g/mol. The van der Waals surface area contributed by atoms with Crippen LogP contribution in [0.2, 0.25) is 0 Å². The van der Waals surface area contributed by atoms with Crippen LogP contribution < -0.4 is 5.32 Å². The van der Waals surface area contributed by atoms with E-state index in [1.165, 1.54) is 23.8 Å². The summed E-state index contributed by atoms with van der Waals surface area (Å²) in [6.45, 7) is 0.695. The molecule has 0 spiro atoms. The molecule has 2 fully saturated rings. The fraction of sp³-hybridized carbons (Fsp3) is 0.238. The van der Waals surface area contributed by atoms with Crippen molar-refractivity contribution < 1.29 is 6.22 Å². The fourth-order valence-electron chi connectivity index (χ4n) is 3.51. The lowest BCUT2D eigenvalue weighted by molar-refractivity contribution is -0.115. The van der Waals surface area contributed by atoms with E-state index < -0.39 is 0 Å². The number of amides is 1. The number of benzene rings is 1. The molecule has 3 heterocycles. The predicted octanol–water partition coefficient (Wildman–Crippen LogP) is 3.83. The zero-order chi connectivity index (χ0) is 18.2. The number of aromatic nitrogens is 1. The third kappa shape index (κ3) is 3.45. The topological polar surface area (TPSA) is 66.7 Å². The highest BCUT2D eigenvalue weighted by atomic mass is 32.2. The molecule has 2 aliphatic heterocycles. The van der Waals surface area contributed by atoms with Gasteiger partial charge in [0.15, 0.2) is 5.17 Å². The van der Waals surface area contributed by atoms with Crippen LogP contribution in [0.15, 0.2) is 63.1 Å². The van der Waals surface area contributed by atoms with Gasteiger partial charge < -0.3 is 5.32 Å². The van der Waals surface area contributed by atoms with Gasteiger partial charge >= 0.3 is 0 Å². The number of thioether (sulfide) groups is 1. The van der Waals surface area contributed by atoms with Gasteiger partial charge in [-0.05, 0) is 60.5 Å². The molecule has 2 aromatic rings. The number of dihydropyridines is 1. The minimum absolute atomic E-state index is 0. The summed E-state index contributed by atoms with van der Waals surface area (Å²) in [5, 5.41) is 4.62. The van der Waals surface area contributed by atoms with Crippen molar-refractivity contribution in [3.8, 4) is 0 Å². The van der Waals surface area contributed by atoms with Crippen LogP contribution in [-0.4, -0.2) is 34.9 Å². The number of allylic oxidation sites excluding steroid dienone is 1. The maximum absolute atomic E-state index is 12.3. The number of hydrogen-bond donors (Lipinski definition) is 1. The van der Waals surface area contributed by atoms with E-state index in [9.17, 15) is 4.79 Å². The normalized spacial score (nSPS) is 26.4. The molecule has 6 heteroatoms.